The van der Waals surface area contributed by atoms with Gasteiger partial charge in [0.15, 0.2) is 0 Å². The van der Waals surface area contributed by atoms with E-state index in [4.69, 9.17) is 0 Å². The minimum Gasteiger partial charge on any atom is -0.310 e. The van der Waals surface area contributed by atoms with Gasteiger partial charge in [-0.15, -0.1) is 0 Å². The maximum Gasteiger partial charge on any atom is 0.243 e. The summed E-state index contributed by atoms with van der Waals surface area (Å²) >= 11 is 0. The molecule has 2 unspecified atom stereocenters. The number of rotatable bonds is 2. The van der Waals surface area contributed by atoms with E-state index < -0.39 is 10.0 Å². The number of hydrogen-bond acceptors (Lipinski definition) is 3. The molecule has 2 fully saturated rings. The zero-order chi connectivity index (χ0) is 14.4. The van der Waals surface area contributed by atoms with Crippen molar-refractivity contribution in [1.29, 1.82) is 0 Å². The molecule has 114 valence electrons. The van der Waals surface area contributed by atoms with E-state index >= 15 is 0 Å². The van der Waals surface area contributed by atoms with Crippen LogP contribution in [0.4, 0.5) is 0 Å². The van der Waals surface area contributed by atoms with E-state index in [1.165, 1.54) is 17.5 Å². The van der Waals surface area contributed by atoms with Crippen LogP contribution in [-0.2, 0) is 22.9 Å². The molecule has 3 aliphatic rings. The highest BCUT2D eigenvalue weighted by atomic mass is 32.2. The Morgan fingerprint density at radius 2 is 1.86 bits per heavy atom. The van der Waals surface area contributed by atoms with Gasteiger partial charge in [0.2, 0.25) is 10.0 Å². The molecule has 0 aromatic heterocycles. The van der Waals surface area contributed by atoms with Crippen molar-refractivity contribution in [2.45, 2.75) is 55.5 Å². The summed E-state index contributed by atoms with van der Waals surface area (Å²) in [5, 5.41) is 3.54. The molecule has 1 aliphatic carbocycles. The van der Waals surface area contributed by atoms with Crippen molar-refractivity contribution in [2.75, 3.05) is 13.1 Å². The molecule has 2 aliphatic heterocycles. The molecule has 0 radical (unpaired) electrons. The molecule has 0 saturated carbocycles. The monoisotopic (exact) mass is 306 g/mol. The maximum atomic E-state index is 12.9. The molecule has 2 atom stereocenters. The van der Waals surface area contributed by atoms with Crippen molar-refractivity contribution in [3.63, 3.8) is 0 Å². The topological polar surface area (TPSA) is 49.4 Å². The number of fused-ring (bicyclic) bond motifs is 3. The molecule has 1 N–H and O–H groups in total. The van der Waals surface area contributed by atoms with Crippen LogP contribution in [0.5, 0.6) is 0 Å². The summed E-state index contributed by atoms with van der Waals surface area (Å²) in [5.41, 5.74) is 2.55. The van der Waals surface area contributed by atoms with E-state index in [2.05, 4.69) is 5.32 Å². The van der Waals surface area contributed by atoms with Crippen molar-refractivity contribution in [3.8, 4) is 0 Å². The van der Waals surface area contributed by atoms with Gasteiger partial charge in [0.25, 0.3) is 0 Å². The lowest BCUT2D eigenvalue weighted by Gasteiger charge is -2.24. The van der Waals surface area contributed by atoms with Crippen LogP contribution in [0.15, 0.2) is 23.1 Å². The maximum absolute atomic E-state index is 12.9. The van der Waals surface area contributed by atoms with E-state index in [-0.39, 0.29) is 0 Å². The van der Waals surface area contributed by atoms with Crippen molar-refractivity contribution >= 4 is 10.0 Å². The Labute approximate surface area is 126 Å². The van der Waals surface area contributed by atoms with E-state index in [1.807, 2.05) is 12.1 Å². The van der Waals surface area contributed by atoms with Crippen LogP contribution in [0.1, 0.15) is 36.8 Å². The number of nitrogens with zero attached hydrogens (tertiary/aromatic N) is 1. The Balaban J connectivity index is 1.63. The average Bonchev–Trinajstić information content (AvgIpc) is 3.03. The highest BCUT2D eigenvalue weighted by molar-refractivity contribution is 7.89. The molecule has 1 aromatic carbocycles. The number of nitrogens with one attached hydrogen (secondary N) is 1. The van der Waals surface area contributed by atoms with Crippen molar-refractivity contribution in [3.05, 3.63) is 29.3 Å². The molecule has 21 heavy (non-hydrogen) atoms. The zero-order valence-corrected chi connectivity index (χ0v) is 13.0. The fraction of sp³-hybridized carbons (Fsp3) is 0.625. The Morgan fingerprint density at radius 3 is 2.76 bits per heavy atom. The molecular weight excluding hydrogens is 284 g/mol. The summed E-state index contributed by atoms with van der Waals surface area (Å²) in [6, 6.07) is 6.57. The normalized spacial score (nSPS) is 29.3. The molecule has 4 rings (SSSR count). The summed E-state index contributed by atoms with van der Waals surface area (Å²) in [5.74, 6) is 0. The van der Waals surface area contributed by atoms with Crippen LogP contribution in [0.3, 0.4) is 0 Å². The Hall–Kier alpha value is -0.910. The fourth-order valence-corrected chi connectivity index (χ4v) is 5.54. The molecule has 0 amide bonds. The van der Waals surface area contributed by atoms with E-state index in [0.29, 0.717) is 30.1 Å². The second-order valence-electron chi connectivity index (χ2n) is 6.57. The van der Waals surface area contributed by atoms with E-state index in [0.717, 1.165) is 32.1 Å². The summed E-state index contributed by atoms with van der Waals surface area (Å²) in [7, 11) is -3.34. The van der Waals surface area contributed by atoms with Crippen LogP contribution < -0.4 is 5.32 Å². The molecule has 2 heterocycles. The number of benzene rings is 1. The van der Waals surface area contributed by atoms with Crippen molar-refractivity contribution in [2.24, 2.45) is 0 Å². The summed E-state index contributed by atoms with van der Waals surface area (Å²) in [6.07, 6.45) is 6.48. The van der Waals surface area contributed by atoms with Gasteiger partial charge in [0.1, 0.15) is 0 Å². The first-order chi connectivity index (χ1) is 10.1. The highest BCUT2D eigenvalue weighted by Gasteiger charge is 2.35. The third-order valence-electron chi connectivity index (χ3n) is 5.19. The van der Waals surface area contributed by atoms with Gasteiger partial charge in [0, 0.05) is 25.2 Å². The second-order valence-corrected chi connectivity index (χ2v) is 8.51. The molecule has 4 nitrogen and oxygen atoms in total. The number of sulfonamides is 1. The molecule has 1 aromatic rings. The lowest BCUT2D eigenvalue weighted by Crippen LogP contribution is -2.39. The van der Waals surface area contributed by atoms with Gasteiger partial charge in [-0.2, -0.15) is 4.31 Å². The largest absolute Gasteiger partial charge is 0.310 e. The first-order valence-electron chi connectivity index (χ1n) is 8.01. The first-order valence-corrected chi connectivity index (χ1v) is 9.45. The lowest BCUT2D eigenvalue weighted by atomic mass is 10.1. The number of aryl methyl sites for hydroxylation is 2. The third-order valence-corrected chi connectivity index (χ3v) is 7.05. The van der Waals surface area contributed by atoms with Gasteiger partial charge in [-0.25, -0.2) is 8.42 Å². The zero-order valence-electron chi connectivity index (χ0n) is 12.2. The second kappa shape index (κ2) is 5.07. The van der Waals surface area contributed by atoms with Gasteiger partial charge < -0.3 is 5.32 Å². The SMILES string of the molecule is O=S(=O)(c1ccc2c(c1)CCC2)N1CCC2CCC(C1)N2. The summed E-state index contributed by atoms with van der Waals surface area (Å²) in [4.78, 5) is 0.487. The van der Waals surface area contributed by atoms with Gasteiger partial charge in [-0.3, -0.25) is 0 Å². The van der Waals surface area contributed by atoms with E-state index in [9.17, 15) is 8.42 Å². The lowest BCUT2D eigenvalue weighted by molar-refractivity contribution is 0.383. The molecular formula is C16H22N2O2S. The minimum absolute atomic E-state index is 0.335. The molecule has 2 saturated heterocycles. The van der Waals surface area contributed by atoms with Gasteiger partial charge in [0.05, 0.1) is 4.90 Å². The molecule has 5 heteroatoms. The predicted molar refractivity (Wildman–Crippen MR) is 81.8 cm³/mol. The Morgan fingerprint density at radius 1 is 1.05 bits per heavy atom. The van der Waals surface area contributed by atoms with Crippen molar-refractivity contribution in [1.82, 2.24) is 9.62 Å². The standard InChI is InChI=1S/C16H22N2O2S/c19-21(20,16-7-4-12-2-1-3-13(12)10-16)18-9-8-14-5-6-15(11-18)17-14/h4,7,10,14-15,17H,1-3,5-6,8-9,11H2. The van der Waals surface area contributed by atoms with Gasteiger partial charge in [-0.1, -0.05) is 6.07 Å². The fourth-order valence-electron chi connectivity index (χ4n) is 3.99. The third kappa shape index (κ3) is 2.41. The highest BCUT2D eigenvalue weighted by Crippen LogP contribution is 2.28. The minimum atomic E-state index is -3.34. The Kier molecular flexibility index (Phi) is 3.32. The summed E-state index contributed by atoms with van der Waals surface area (Å²) < 4.78 is 27.5. The van der Waals surface area contributed by atoms with Gasteiger partial charge >= 0.3 is 0 Å². The van der Waals surface area contributed by atoms with Crippen LogP contribution in [0.25, 0.3) is 0 Å². The van der Waals surface area contributed by atoms with Crippen LogP contribution in [-0.4, -0.2) is 37.9 Å². The first kappa shape index (κ1) is 13.7. The quantitative estimate of drug-likeness (QED) is 0.904. The van der Waals surface area contributed by atoms with E-state index in [1.54, 1.807) is 10.4 Å². The molecule has 2 bridgehead atoms. The average molecular weight is 306 g/mol. The van der Waals surface area contributed by atoms with Crippen LogP contribution in [0, 0.1) is 0 Å². The van der Waals surface area contributed by atoms with Crippen LogP contribution >= 0.6 is 0 Å². The predicted octanol–water partition coefficient (Wildman–Crippen LogP) is 1.69. The van der Waals surface area contributed by atoms with Crippen LogP contribution in [0.2, 0.25) is 0 Å². The number of hydrogen-bond donors (Lipinski definition) is 1. The molecule has 0 spiro atoms. The van der Waals surface area contributed by atoms with Crippen molar-refractivity contribution < 1.29 is 8.42 Å². The summed E-state index contributed by atoms with van der Waals surface area (Å²) in [6.45, 7) is 1.27. The smallest absolute Gasteiger partial charge is 0.243 e. The van der Waals surface area contributed by atoms with Gasteiger partial charge in [-0.05, 0) is 61.8 Å². The Bertz CT molecular complexity index is 656.